The van der Waals surface area contributed by atoms with E-state index >= 15 is 0 Å². The molecule has 1 aliphatic heterocycles. The van der Waals surface area contributed by atoms with Crippen LogP contribution in [-0.2, 0) is 14.3 Å². The summed E-state index contributed by atoms with van der Waals surface area (Å²) in [6.45, 7) is 0.911. The third-order valence-electron chi connectivity index (χ3n) is 4.63. The summed E-state index contributed by atoms with van der Waals surface area (Å²) < 4.78 is 5.31. The van der Waals surface area contributed by atoms with E-state index in [2.05, 4.69) is 0 Å². The van der Waals surface area contributed by atoms with Crippen molar-refractivity contribution in [3.8, 4) is 0 Å². The first-order valence-electron chi connectivity index (χ1n) is 7.92. The highest BCUT2D eigenvalue weighted by atomic mass is 35.5. The van der Waals surface area contributed by atoms with Gasteiger partial charge in [-0.15, -0.1) is 0 Å². The summed E-state index contributed by atoms with van der Waals surface area (Å²) >= 11 is 6.21. The van der Waals surface area contributed by atoms with E-state index in [1.54, 1.807) is 0 Å². The Morgan fingerprint density at radius 3 is 2.61 bits per heavy atom. The lowest BCUT2D eigenvalue weighted by molar-refractivity contribution is -0.148. The van der Waals surface area contributed by atoms with Gasteiger partial charge in [-0.05, 0) is 36.8 Å². The van der Waals surface area contributed by atoms with E-state index in [0.717, 1.165) is 12.0 Å². The fraction of sp³-hybridized carbons (Fsp3) is 0.529. The molecule has 0 spiro atoms. The molecule has 1 aromatic rings. The Labute approximate surface area is 140 Å². The molecule has 3 rings (SSSR count). The van der Waals surface area contributed by atoms with E-state index in [0.29, 0.717) is 31.1 Å². The number of hydrogen-bond donors (Lipinski definition) is 1. The van der Waals surface area contributed by atoms with Crippen LogP contribution in [0.15, 0.2) is 24.3 Å². The second-order valence-electron chi connectivity index (χ2n) is 6.17. The van der Waals surface area contributed by atoms with Gasteiger partial charge in [0, 0.05) is 30.2 Å². The van der Waals surface area contributed by atoms with E-state index in [1.807, 2.05) is 24.3 Å². The highest BCUT2D eigenvalue weighted by Gasteiger charge is 2.47. The molecule has 1 saturated heterocycles. The minimum Gasteiger partial charge on any atom is -0.480 e. The zero-order valence-corrected chi connectivity index (χ0v) is 13.5. The number of rotatable bonds is 5. The van der Waals surface area contributed by atoms with Gasteiger partial charge in [0.15, 0.2) is 0 Å². The molecule has 2 aliphatic rings. The number of carboxylic acid groups (broad SMARTS) is 1. The van der Waals surface area contributed by atoms with Crippen LogP contribution in [0.3, 0.4) is 0 Å². The number of nitrogens with zero attached hydrogens (tertiary/aromatic N) is 1. The Bertz CT molecular complexity index is 600. The Hall–Kier alpha value is -1.59. The quantitative estimate of drug-likeness (QED) is 0.896. The molecule has 1 aliphatic carbocycles. The van der Waals surface area contributed by atoms with Gasteiger partial charge in [-0.25, -0.2) is 0 Å². The van der Waals surface area contributed by atoms with E-state index < -0.39 is 5.97 Å². The minimum absolute atomic E-state index is 0.0418. The average molecular weight is 338 g/mol. The van der Waals surface area contributed by atoms with E-state index in [4.69, 9.17) is 21.4 Å². The number of halogens is 1. The van der Waals surface area contributed by atoms with Crippen LogP contribution in [0.2, 0.25) is 5.02 Å². The standard InChI is InChI=1S/C17H20ClNO4/c18-15-4-2-1-3-12(15)13-9-14(13)17(22)19(10-16(20)21)11-5-7-23-8-6-11/h1-4,11,13-14H,5-10H2,(H,20,21)/t13-,14-/m1/s1. The van der Waals surface area contributed by atoms with Gasteiger partial charge in [-0.1, -0.05) is 29.8 Å². The topological polar surface area (TPSA) is 66.8 Å². The van der Waals surface area contributed by atoms with Crippen molar-refractivity contribution in [2.24, 2.45) is 5.92 Å². The number of amides is 1. The molecule has 1 amide bonds. The third kappa shape index (κ3) is 3.67. The molecule has 0 aromatic heterocycles. The number of aliphatic carboxylic acids is 1. The minimum atomic E-state index is -0.972. The van der Waals surface area contributed by atoms with Crippen molar-refractivity contribution in [2.75, 3.05) is 19.8 Å². The number of carbonyl (C=O) groups is 2. The molecule has 1 saturated carbocycles. The smallest absolute Gasteiger partial charge is 0.323 e. The number of ether oxygens (including phenoxy) is 1. The maximum Gasteiger partial charge on any atom is 0.323 e. The van der Waals surface area contributed by atoms with Crippen molar-refractivity contribution < 1.29 is 19.4 Å². The third-order valence-corrected chi connectivity index (χ3v) is 4.98. The second-order valence-corrected chi connectivity index (χ2v) is 6.58. The van der Waals surface area contributed by atoms with Crippen molar-refractivity contribution in [1.82, 2.24) is 4.90 Å². The number of benzene rings is 1. The van der Waals surface area contributed by atoms with E-state index in [-0.39, 0.29) is 30.3 Å². The summed E-state index contributed by atoms with van der Waals surface area (Å²) in [6.07, 6.45) is 2.13. The summed E-state index contributed by atoms with van der Waals surface area (Å²) in [5, 5.41) is 9.82. The lowest BCUT2D eigenvalue weighted by Gasteiger charge is -2.33. The van der Waals surface area contributed by atoms with Gasteiger partial charge in [0.1, 0.15) is 6.54 Å². The molecule has 0 radical (unpaired) electrons. The summed E-state index contributed by atoms with van der Waals surface area (Å²) in [6, 6.07) is 7.50. The van der Waals surface area contributed by atoms with Gasteiger partial charge < -0.3 is 14.7 Å². The monoisotopic (exact) mass is 337 g/mol. The molecule has 2 fully saturated rings. The molecule has 1 heterocycles. The summed E-state index contributed by atoms with van der Waals surface area (Å²) in [7, 11) is 0. The molecular weight excluding hydrogens is 318 g/mol. The zero-order chi connectivity index (χ0) is 16.4. The Balaban J connectivity index is 1.71. The zero-order valence-electron chi connectivity index (χ0n) is 12.8. The van der Waals surface area contributed by atoms with Crippen LogP contribution in [0.5, 0.6) is 0 Å². The van der Waals surface area contributed by atoms with Crippen molar-refractivity contribution in [2.45, 2.75) is 31.2 Å². The Morgan fingerprint density at radius 1 is 1.26 bits per heavy atom. The van der Waals surface area contributed by atoms with Crippen molar-refractivity contribution >= 4 is 23.5 Å². The van der Waals surface area contributed by atoms with Crippen LogP contribution >= 0.6 is 11.6 Å². The van der Waals surface area contributed by atoms with Gasteiger partial charge in [0.05, 0.1) is 0 Å². The van der Waals surface area contributed by atoms with Crippen molar-refractivity contribution in [3.05, 3.63) is 34.9 Å². The van der Waals surface area contributed by atoms with Gasteiger partial charge in [0.25, 0.3) is 0 Å². The van der Waals surface area contributed by atoms with Crippen molar-refractivity contribution in [1.29, 1.82) is 0 Å². The number of carboxylic acids is 1. The number of hydrogen-bond acceptors (Lipinski definition) is 3. The SMILES string of the molecule is O=C(O)CN(C(=O)[C@@H]1C[C@@H]1c1ccccc1Cl)C1CCOCC1. The average Bonchev–Trinajstić information content (AvgIpc) is 3.33. The molecule has 0 unspecified atom stereocenters. The maximum absolute atomic E-state index is 12.8. The number of carbonyl (C=O) groups excluding carboxylic acids is 1. The Morgan fingerprint density at radius 2 is 1.96 bits per heavy atom. The normalized spacial score (nSPS) is 24.2. The first-order chi connectivity index (χ1) is 11.1. The predicted molar refractivity (Wildman–Crippen MR) is 85.5 cm³/mol. The molecule has 2 atom stereocenters. The van der Waals surface area contributed by atoms with E-state index in [9.17, 15) is 9.59 Å². The van der Waals surface area contributed by atoms with Crippen LogP contribution < -0.4 is 0 Å². The van der Waals surface area contributed by atoms with Gasteiger partial charge in [-0.3, -0.25) is 9.59 Å². The molecule has 0 bridgehead atoms. The molecule has 1 aromatic carbocycles. The lowest BCUT2D eigenvalue weighted by Crippen LogP contribution is -2.46. The van der Waals surface area contributed by atoms with Crippen LogP contribution in [0.1, 0.15) is 30.7 Å². The first kappa shape index (κ1) is 16.3. The summed E-state index contributed by atoms with van der Waals surface area (Å²) in [5.41, 5.74) is 0.981. The van der Waals surface area contributed by atoms with Crippen molar-refractivity contribution in [3.63, 3.8) is 0 Å². The maximum atomic E-state index is 12.8. The molecular formula is C17H20ClNO4. The lowest BCUT2D eigenvalue weighted by atomic mass is 10.0. The second kappa shape index (κ2) is 6.89. The summed E-state index contributed by atoms with van der Waals surface area (Å²) in [5.74, 6) is -1.09. The molecule has 1 N–H and O–H groups in total. The largest absolute Gasteiger partial charge is 0.480 e. The summed E-state index contributed by atoms with van der Waals surface area (Å²) in [4.78, 5) is 25.5. The molecule has 23 heavy (non-hydrogen) atoms. The van der Waals surface area contributed by atoms with Crippen LogP contribution in [0.25, 0.3) is 0 Å². The van der Waals surface area contributed by atoms with Crippen LogP contribution in [-0.4, -0.2) is 47.7 Å². The first-order valence-corrected chi connectivity index (χ1v) is 8.30. The molecule has 124 valence electrons. The predicted octanol–water partition coefficient (Wildman–Crippen LogP) is 2.54. The van der Waals surface area contributed by atoms with Gasteiger partial charge >= 0.3 is 5.97 Å². The van der Waals surface area contributed by atoms with Crippen LogP contribution in [0, 0.1) is 5.92 Å². The van der Waals surface area contributed by atoms with E-state index in [1.165, 1.54) is 4.90 Å². The molecule has 6 heteroatoms. The molecule has 5 nitrogen and oxygen atoms in total. The Kier molecular flexibility index (Phi) is 4.87. The van der Waals surface area contributed by atoms with Gasteiger partial charge in [0.2, 0.25) is 5.91 Å². The fourth-order valence-corrected chi connectivity index (χ4v) is 3.61. The fourth-order valence-electron chi connectivity index (χ4n) is 3.33. The van der Waals surface area contributed by atoms with Gasteiger partial charge in [-0.2, -0.15) is 0 Å². The highest BCUT2D eigenvalue weighted by Crippen LogP contribution is 2.50. The highest BCUT2D eigenvalue weighted by molar-refractivity contribution is 6.31. The van der Waals surface area contributed by atoms with Crippen LogP contribution in [0.4, 0.5) is 0 Å².